The maximum absolute atomic E-state index is 13.7. The summed E-state index contributed by atoms with van der Waals surface area (Å²) in [6.45, 7) is 4.32. The van der Waals surface area contributed by atoms with Crippen LogP contribution in [-0.2, 0) is 28.3 Å². The van der Waals surface area contributed by atoms with E-state index in [9.17, 15) is 9.59 Å². The second-order valence-corrected chi connectivity index (χ2v) is 11.6. The third-order valence-electron chi connectivity index (χ3n) is 6.07. The second-order valence-electron chi connectivity index (χ2n) is 8.86. The summed E-state index contributed by atoms with van der Waals surface area (Å²) in [6.07, 6.45) is 1.23. The number of rotatable bonds is 12. The van der Waals surface area contributed by atoms with E-state index in [1.54, 1.807) is 23.1 Å². The van der Waals surface area contributed by atoms with Crippen LogP contribution in [0, 0.1) is 0 Å². The van der Waals surface area contributed by atoms with E-state index in [4.69, 9.17) is 23.2 Å². The minimum Gasteiger partial charge on any atom is -0.352 e. The third-order valence-corrected chi connectivity index (χ3v) is 8.25. The number of hydrogen-bond donors (Lipinski definition) is 1. The number of carbonyl (C=O) groups is 2. The molecule has 8 heteroatoms. The van der Waals surface area contributed by atoms with Crippen molar-refractivity contribution in [3.63, 3.8) is 0 Å². The molecule has 37 heavy (non-hydrogen) atoms. The van der Waals surface area contributed by atoms with E-state index in [-0.39, 0.29) is 23.6 Å². The number of thioether (sulfide) groups is 1. The number of nitrogens with zero attached hydrogens (tertiary/aromatic N) is 1. The van der Waals surface area contributed by atoms with Crippen molar-refractivity contribution in [2.24, 2.45) is 0 Å². The Bertz CT molecular complexity index is 1160. The first-order valence-electron chi connectivity index (χ1n) is 12.2. The molecule has 2 amide bonds. The Hall–Kier alpha value is -1.99. The lowest BCUT2D eigenvalue weighted by Gasteiger charge is -2.32. The van der Waals surface area contributed by atoms with E-state index in [0.717, 1.165) is 27.6 Å². The van der Waals surface area contributed by atoms with Gasteiger partial charge in [-0.05, 0) is 54.3 Å². The van der Waals surface area contributed by atoms with Crippen LogP contribution >= 0.6 is 50.9 Å². The molecule has 0 aliphatic heterocycles. The molecule has 0 spiro atoms. The lowest BCUT2D eigenvalue weighted by molar-refractivity contribution is -0.139. The van der Waals surface area contributed by atoms with Gasteiger partial charge in [-0.15, -0.1) is 11.8 Å². The lowest BCUT2D eigenvalue weighted by atomic mass is 10.0. The Labute approximate surface area is 242 Å². The smallest absolute Gasteiger partial charge is 0.243 e. The molecule has 3 aromatic carbocycles. The van der Waals surface area contributed by atoms with Gasteiger partial charge in [-0.25, -0.2) is 0 Å². The second kappa shape index (κ2) is 14.8. The van der Waals surface area contributed by atoms with Gasteiger partial charge in [0.1, 0.15) is 6.04 Å². The predicted molar refractivity (Wildman–Crippen MR) is 159 cm³/mol. The van der Waals surface area contributed by atoms with Crippen molar-refractivity contribution in [3.8, 4) is 0 Å². The van der Waals surface area contributed by atoms with Gasteiger partial charge < -0.3 is 10.2 Å². The average Bonchev–Trinajstić information content (AvgIpc) is 2.89. The van der Waals surface area contributed by atoms with Crippen molar-refractivity contribution < 1.29 is 9.59 Å². The van der Waals surface area contributed by atoms with Gasteiger partial charge in [-0.1, -0.05) is 94.6 Å². The Balaban J connectivity index is 1.87. The molecule has 1 N–H and O–H groups in total. The van der Waals surface area contributed by atoms with Crippen LogP contribution in [0.1, 0.15) is 37.0 Å². The molecule has 0 aromatic heterocycles. The molecule has 196 valence electrons. The molecule has 0 saturated carbocycles. The molecule has 0 aliphatic rings. The fraction of sp³-hybridized carbons (Fsp3) is 0.310. The predicted octanol–water partition coefficient (Wildman–Crippen LogP) is 7.54. The summed E-state index contributed by atoms with van der Waals surface area (Å²) in [6, 6.07) is 22.4. The fourth-order valence-corrected chi connectivity index (χ4v) is 5.69. The standard InChI is InChI=1S/C29H31BrCl2N2O2S/c1-3-20(2)33-29(36)27(16-21-8-5-4-6-9-21)34(17-22-12-14-23(30)15-13-22)28(35)19-37-18-24-25(31)10-7-11-26(24)32/h4-15,20,27H,3,16-19H2,1-2H3,(H,33,36)/t20-,27+/m1/s1. The van der Waals surface area contributed by atoms with Gasteiger partial charge in [0.25, 0.3) is 0 Å². The van der Waals surface area contributed by atoms with Crippen molar-refractivity contribution in [3.05, 3.63) is 104 Å². The zero-order chi connectivity index (χ0) is 26.8. The molecule has 4 nitrogen and oxygen atoms in total. The first-order valence-corrected chi connectivity index (χ1v) is 14.9. The highest BCUT2D eigenvalue weighted by Crippen LogP contribution is 2.28. The normalized spacial score (nSPS) is 12.6. The van der Waals surface area contributed by atoms with Gasteiger partial charge in [0.15, 0.2) is 0 Å². The van der Waals surface area contributed by atoms with E-state index >= 15 is 0 Å². The van der Waals surface area contributed by atoms with Gasteiger partial charge in [0, 0.05) is 39.3 Å². The van der Waals surface area contributed by atoms with Crippen molar-refractivity contribution in [2.45, 2.75) is 51.1 Å². The van der Waals surface area contributed by atoms with Crippen LogP contribution in [-0.4, -0.2) is 34.6 Å². The highest BCUT2D eigenvalue weighted by atomic mass is 79.9. The SMILES string of the molecule is CC[C@@H](C)NC(=O)[C@H](Cc1ccccc1)N(Cc1ccc(Br)cc1)C(=O)CSCc1c(Cl)cccc1Cl. The van der Waals surface area contributed by atoms with Crippen molar-refractivity contribution in [1.82, 2.24) is 10.2 Å². The van der Waals surface area contributed by atoms with E-state index < -0.39 is 6.04 Å². The van der Waals surface area contributed by atoms with Crippen molar-refractivity contribution >= 4 is 62.7 Å². The number of benzene rings is 3. The maximum Gasteiger partial charge on any atom is 0.243 e. The topological polar surface area (TPSA) is 49.4 Å². The molecule has 0 radical (unpaired) electrons. The number of halogens is 3. The first-order chi connectivity index (χ1) is 17.8. The van der Waals surface area contributed by atoms with Gasteiger partial charge in [0.2, 0.25) is 11.8 Å². The quantitative estimate of drug-likeness (QED) is 0.227. The Morgan fingerprint density at radius 1 is 0.946 bits per heavy atom. The van der Waals surface area contributed by atoms with Crippen molar-refractivity contribution in [2.75, 3.05) is 5.75 Å². The van der Waals surface area contributed by atoms with Crippen LogP contribution in [0.25, 0.3) is 0 Å². The molecule has 0 heterocycles. The molecule has 3 rings (SSSR count). The molecule has 0 saturated heterocycles. The van der Waals surface area contributed by atoms with Crippen LogP contribution in [0.5, 0.6) is 0 Å². The van der Waals surface area contributed by atoms with Gasteiger partial charge in [-0.3, -0.25) is 9.59 Å². The zero-order valence-electron chi connectivity index (χ0n) is 20.9. The summed E-state index contributed by atoms with van der Waals surface area (Å²) >= 11 is 17.6. The number of carbonyl (C=O) groups excluding carboxylic acids is 2. The Kier molecular flexibility index (Phi) is 11.8. The maximum atomic E-state index is 13.7. The van der Waals surface area contributed by atoms with Crippen LogP contribution < -0.4 is 5.32 Å². The monoisotopic (exact) mass is 620 g/mol. The fourth-order valence-electron chi connectivity index (χ4n) is 3.78. The summed E-state index contributed by atoms with van der Waals surface area (Å²) in [5.41, 5.74) is 2.75. The van der Waals surface area contributed by atoms with E-state index in [1.165, 1.54) is 11.8 Å². The van der Waals surface area contributed by atoms with Crippen LogP contribution in [0.2, 0.25) is 10.0 Å². The van der Waals surface area contributed by atoms with Gasteiger partial charge >= 0.3 is 0 Å². The lowest BCUT2D eigenvalue weighted by Crippen LogP contribution is -2.52. The highest BCUT2D eigenvalue weighted by Gasteiger charge is 2.31. The van der Waals surface area contributed by atoms with E-state index in [1.807, 2.05) is 68.4 Å². The number of hydrogen-bond acceptors (Lipinski definition) is 3. The number of amides is 2. The molecule has 0 unspecified atom stereocenters. The van der Waals surface area contributed by atoms with Gasteiger partial charge in [0.05, 0.1) is 5.75 Å². The van der Waals surface area contributed by atoms with Gasteiger partial charge in [-0.2, -0.15) is 0 Å². The summed E-state index contributed by atoms with van der Waals surface area (Å²) in [4.78, 5) is 29.0. The van der Waals surface area contributed by atoms with E-state index in [0.29, 0.717) is 28.8 Å². The van der Waals surface area contributed by atoms with Crippen LogP contribution in [0.4, 0.5) is 0 Å². The largest absolute Gasteiger partial charge is 0.352 e. The molecule has 0 bridgehead atoms. The first kappa shape index (κ1) is 29.6. The molecule has 3 aromatic rings. The van der Waals surface area contributed by atoms with Crippen molar-refractivity contribution in [1.29, 1.82) is 0 Å². The van der Waals surface area contributed by atoms with Crippen LogP contribution in [0.3, 0.4) is 0 Å². The zero-order valence-corrected chi connectivity index (χ0v) is 24.8. The molecular formula is C29H31BrCl2N2O2S. The average molecular weight is 622 g/mol. The summed E-state index contributed by atoms with van der Waals surface area (Å²) in [5, 5.41) is 4.25. The molecule has 0 fully saturated rings. The summed E-state index contributed by atoms with van der Waals surface area (Å²) in [5.74, 6) is 0.429. The minimum absolute atomic E-state index is 0.00662. The highest BCUT2D eigenvalue weighted by molar-refractivity contribution is 9.10. The molecule has 2 atom stereocenters. The molecular weight excluding hydrogens is 591 g/mol. The van der Waals surface area contributed by atoms with E-state index in [2.05, 4.69) is 21.2 Å². The van der Waals surface area contributed by atoms with Crippen LogP contribution in [0.15, 0.2) is 77.3 Å². The molecule has 0 aliphatic carbocycles. The Morgan fingerprint density at radius 2 is 1.59 bits per heavy atom. The summed E-state index contributed by atoms with van der Waals surface area (Å²) in [7, 11) is 0. The number of nitrogens with one attached hydrogen (secondary N) is 1. The Morgan fingerprint density at radius 3 is 2.22 bits per heavy atom. The summed E-state index contributed by atoms with van der Waals surface area (Å²) < 4.78 is 0.955. The third kappa shape index (κ3) is 9.06. The minimum atomic E-state index is -0.656.